The summed E-state index contributed by atoms with van der Waals surface area (Å²) >= 11 is 3.45. The largest absolute Gasteiger partial charge is 0.316 e. The van der Waals surface area contributed by atoms with Crippen LogP contribution in [0.5, 0.6) is 0 Å². The maximum absolute atomic E-state index is 3.45. The summed E-state index contributed by atoms with van der Waals surface area (Å²) in [5, 5.41) is 1.16. The fourth-order valence-electron chi connectivity index (χ4n) is 1.38. The fourth-order valence-corrected chi connectivity index (χ4v) is 1.78. The van der Waals surface area contributed by atoms with Crippen molar-refractivity contribution in [3.05, 3.63) is 24.3 Å². The van der Waals surface area contributed by atoms with Crippen LogP contribution < -0.4 is 0 Å². The molecular weight excluding hydrogens is 272 g/mol. The number of allylic oxidation sites excluding steroid dienone is 4. The maximum Gasteiger partial charge on any atom is 0.316 e. The quantitative estimate of drug-likeness (QED) is 0.237. The lowest BCUT2D eigenvalue weighted by atomic mass is 10.1. The third-order valence-electron chi connectivity index (χ3n) is 2.36. The van der Waals surface area contributed by atoms with E-state index in [1.54, 1.807) is 0 Å². The third kappa shape index (κ3) is 17.1. The number of rotatable bonds is 10. The number of hydrogen-bond donors (Lipinski definition) is 0. The van der Waals surface area contributed by atoms with Gasteiger partial charge in [-0.2, -0.15) is 0 Å². The Morgan fingerprint density at radius 3 is 1.94 bits per heavy atom. The first-order valence-corrected chi connectivity index (χ1v) is 7.41. The molecule has 0 aliphatic heterocycles. The Hall–Kier alpha value is 0.726. The first-order chi connectivity index (χ1) is 7.41. The highest BCUT2D eigenvalue weighted by Gasteiger charge is 1.86. The van der Waals surface area contributed by atoms with Crippen LogP contribution in [-0.4, -0.2) is 28.4 Å². The number of alkyl halides is 1. The SMILES string of the molecule is CCCC/C=C\C=C\CCCCCCBr.[MgH2]. The van der Waals surface area contributed by atoms with Crippen molar-refractivity contribution in [1.29, 1.82) is 0 Å². The molecule has 2 heteroatoms. The highest BCUT2D eigenvalue weighted by molar-refractivity contribution is 9.09. The summed E-state index contributed by atoms with van der Waals surface area (Å²) in [4.78, 5) is 0. The Balaban J connectivity index is 0. The molecule has 0 aromatic heterocycles. The Morgan fingerprint density at radius 2 is 1.38 bits per heavy atom. The van der Waals surface area contributed by atoms with Crippen LogP contribution in [0.15, 0.2) is 24.3 Å². The van der Waals surface area contributed by atoms with E-state index >= 15 is 0 Å². The molecule has 0 amide bonds. The van der Waals surface area contributed by atoms with Gasteiger partial charge in [0.25, 0.3) is 0 Å². The molecule has 0 bridgehead atoms. The molecule has 0 aliphatic carbocycles. The molecule has 0 aliphatic rings. The molecule has 0 saturated carbocycles. The van der Waals surface area contributed by atoms with Crippen molar-refractivity contribution >= 4 is 39.0 Å². The van der Waals surface area contributed by atoms with Gasteiger partial charge in [0.2, 0.25) is 0 Å². The molecule has 0 radical (unpaired) electrons. The first kappa shape index (κ1) is 19.1. The molecule has 0 nitrogen and oxygen atoms in total. The zero-order chi connectivity index (χ0) is 11.2. The van der Waals surface area contributed by atoms with Gasteiger partial charge in [-0.3, -0.25) is 0 Å². The average Bonchev–Trinajstić information content (AvgIpc) is 2.26. The van der Waals surface area contributed by atoms with E-state index < -0.39 is 0 Å². The topological polar surface area (TPSA) is 0 Å². The smallest absolute Gasteiger partial charge is 0.0928 e. The van der Waals surface area contributed by atoms with E-state index in [4.69, 9.17) is 0 Å². The minimum absolute atomic E-state index is 0. The van der Waals surface area contributed by atoms with E-state index in [9.17, 15) is 0 Å². The summed E-state index contributed by atoms with van der Waals surface area (Å²) in [7, 11) is 0. The molecule has 0 spiro atoms. The zero-order valence-corrected chi connectivity index (χ0v) is 11.6. The molecule has 0 atom stereocenters. The minimum atomic E-state index is 0. The van der Waals surface area contributed by atoms with E-state index in [1.165, 1.54) is 51.4 Å². The van der Waals surface area contributed by atoms with Gasteiger partial charge in [-0.05, 0) is 25.7 Å². The lowest BCUT2D eigenvalue weighted by molar-refractivity contribution is 0.679. The monoisotopic (exact) mass is 298 g/mol. The van der Waals surface area contributed by atoms with E-state index in [-0.39, 0.29) is 23.1 Å². The third-order valence-corrected chi connectivity index (χ3v) is 2.92. The molecule has 0 N–H and O–H groups in total. The van der Waals surface area contributed by atoms with Crippen LogP contribution >= 0.6 is 15.9 Å². The average molecular weight is 300 g/mol. The van der Waals surface area contributed by atoms with Crippen molar-refractivity contribution in [2.24, 2.45) is 0 Å². The van der Waals surface area contributed by atoms with Crippen molar-refractivity contribution in [1.82, 2.24) is 0 Å². The van der Waals surface area contributed by atoms with E-state index in [0.717, 1.165) is 5.33 Å². The Kier molecular flexibility index (Phi) is 21.6. The molecule has 0 heterocycles. The summed E-state index contributed by atoms with van der Waals surface area (Å²) in [6, 6.07) is 0. The van der Waals surface area contributed by atoms with Crippen LogP contribution in [0.25, 0.3) is 0 Å². The Morgan fingerprint density at radius 1 is 0.812 bits per heavy atom. The van der Waals surface area contributed by atoms with Gasteiger partial charge in [-0.15, -0.1) is 0 Å². The predicted molar refractivity (Wildman–Crippen MR) is 83.2 cm³/mol. The fraction of sp³-hybridized carbons (Fsp3) is 0.714. The van der Waals surface area contributed by atoms with Gasteiger partial charge in [0, 0.05) is 5.33 Å². The maximum atomic E-state index is 3.45. The molecule has 0 rings (SSSR count). The molecular formula is C14H27BrMg. The van der Waals surface area contributed by atoms with E-state index in [1.807, 2.05) is 0 Å². The summed E-state index contributed by atoms with van der Waals surface area (Å²) < 4.78 is 0. The summed E-state index contributed by atoms with van der Waals surface area (Å²) in [5.41, 5.74) is 0. The Bertz CT molecular complexity index is 164. The number of unbranched alkanes of at least 4 members (excludes halogenated alkanes) is 6. The summed E-state index contributed by atoms with van der Waals surface area (Å²) in [5.74, 6) is 0. The van der Waals surface area contributed by atoms with Crippen LogP contribution in [0.2, 0.25) is 0 Å². The van der Waals surface area contributed by atoms with Gasteiger partial charge in [-0.1, -0.05) is 72.8 Å². The normalized spacial score (nSPS) is 11.1. The van der Waals surface area contributed by atoms with Crippen molar-refractivity contribution in [2.45, 2.75) is 58.3 Å². The van der Waals surface area contributed by atoms with Gasteiger partial charge in [0.15, 0.2) is 0 Å². The molecule has 0 fully saturated rings. The molecule has 0 saturated heterocycles. The molecule has 0 aromatic rings. The number of hydrogen-bond acceptors (Lipinski definition) is 0. The van der Waals surface area contributed by atoms with Gasteiger partial charge < -0.3 is 0 Å². The zero-order valence-electron chi connectivity index (χ0n) is 10.1. The van der Waals surface area contributed by atoms with Crippen LogP contribution in [0.3, 0.4) is 0 Å². The van der Waals surface area contributed by atoms with Crippen LogP contribution in [0.1, 0.15) is 58.3 Å². The van der Waals surface area contributed by atoms with Crippen LogP contribution in [0, 0.1) is 0 Å². The van der Waals surface area contributed by atoms with E-state index in [2.05, 4.69) is 47.2 Å². The molecule has 16 heavy (non-hydrogen) atoms. The highest BCUT2D eigenvalue weighted by Crippen LogP contribution is 2.05. The lowest BCUT2D eigenvalue weighted by Gasteiger charge is -1.94. The van der Waals surface area contributed by atoms with Crippen LogP contribution in [0.4, 0.5) is 0 Å². The van der Waals surface area contributed by atoms with Crippen molar-refractivity contribution in [3.8, 4) is 0 Å². The second-order valence-corrected chi connectivity index (χ2v) is 4.68. The standard InChI is InChI=1S/C14H25Br.Mg.2H/c1-2-3-4-5-6-7-8-9-10-11-12-13-14-15;;;/h5-8H,2-4,9-14H2,1H3;;;/b6-5-,8-7+;;;. The summed E-state index contributed by atoms with van der Waals surface area (Å²) in [6.45, 7) is 2.23. The Labute approximate surface area is 126 Å². The summed E-state index contributed by atoms with van der Waals surface area (Å²) in [6.07, 6.45) is 19.4. The predicted octanol–water partition coefficient (Wildman–Crippen LogP) is 4.72. The van der Waals surface area contributed by atoms with Crippen molar-refractivity contribution in [2.75, 3.05) is 5.33 Å². The second kappa shape index (κ2) is 18.1. The van der Waals surface area contributed by atoms with Crippen molar-refractivity contribution in [3.63, 3.8) is 0 Å². The second-order valence-electron chi connectivity index (χ2n) is 3.89. The highest BCUT2D eigenvalue weighted by atomic mass is 79.9. The molecule has 92 valence electrons. The lowest BCUT2D eigenvalue weighted by Crippen LogP contribution is -1.77. The number of halogens is 1. The van der Waals surface area contributed by atoms with Crippen LogP contribution in [-0.2, 0) is 0 Å². The molecule has 0 unspecified atom stereocenters. The van der Waals surface area contributed by atoms with Gasteiger partial charge in [0.05, 0.1) is 0 Å². The van der Waals surface area contributed by atoms with E-state index in [0.29, 0.717) is 0 Å². The first-order valence-electron chi connectivity index (χ1n) is 6.29. The van der Waals surface area contributed by atoms with Gasteiger partial charge in [0.1, 0.15) is 0 Å². The molecule has 0 aromatic carbocycles. The van der Waals surface area contributed by atoms with Gasteiger partial charge >= 0.3 is 23.1 Å². The minimum Gasteiger partial charge on any atom is -0.0928 e. The van der Waals surface area contributed by atoms with Crippen molar-refractivity contribution < 1.29 is 0 Å². The van der Waals surface area contributed by atoms with Gasteiger partial charge in [-0.25, -0.2) is 0 Å².